The molecular formula is C22H17N5O2. The Labute approximate surface area is 166 Å². The molecular weight excluding hydrogens is 366 g/mol. The van der Waals surface area contributed by atoms with Gasteiger partial charge in [0.2, 0.25) is 0 Å². The van der Waals surface area contributed by atoms with Gasteiger partial charge in [-0.05, 0) is 49.2 Å². The molecule has 1 aliphatic heterocycles. The summed E-state index contributed by atoms with van der Waals surface area (Å²) in [5.74, 6) is -0.689. The number of carbonyl (C=O) groups is 2. The quantitative estimate of drug-likeness (QED) is 0.496. The van der Waals surface area contributed by atoms with Crippen LogP contribution in [0.1, 0.15) is 31.8 Å². The van der Waals surface area contributed by atoms with Gasteiger partial charge in [0, 0.05) is 31.2 Å². The average molecular weight is 383 g/mol. The SMILES string of the molecule is Cc1ccc(-n2nc(-c3ccncc3)c3c4c(cnc32)C(=O)N(C)C4=O)cc1C. The minimum absolute atomic E-state index is 0.306. The van der Waals surface area contributed by atoms with E-state index in [9.17, 15) is 9.59 Å². The molecule has 0 atom stereocenters. The molecule has 0 unspecified atom stereocenters. The predicted molar refractivity (Wildman–Crippen MR) is 108 cm³/mol. The molecule has 1 aromatic carbocycles. The van der Waals surface area contributed by atoms with E-state index >= 15 is 0 Å². The van der Waals surface area contributed by atoms with Gasteiger partial charge < -0.3 is 0 Å². The van der Waals surface area contributed by atoms with E-state index < -0.39 is 0 Å². The number of imide groups is 1. The lowest BCUT2D eigenvalue weighted by molar-refractivity contribution is 0.0693. The Bertz CT molecular complexity index is 1320. The zero-order valence-corrected chi connectivity index (χ0v) is 16.2. The van der Waals surface area contributed by atoms with Gasteiger partial charge in [0.25, 0.3) is 11.8 Å². The number of carbonyl (C=O) groups excluding carboxylic acids is 2. The summed E-state index contributed by atoms with van der Waals surface area (Å²) < 4.78 is 1.73. The van der Waals surface area contributed by atoms with Gasteiger partial charge in [-0.3, -0.25) is 19.5 Å². The summed E-state index contributed by atoms with van der Waals surface area (Å²) >= 11 is 0. The highest BCUT2D eigenvalue weighted by Gasteiger charge is 2.37. The number of nitrogens with zero attached hydrogens (tertiary/aromatic N) is 5. The first-order chi connectivity index (χ1) is 14.0. The maximum atomic E-state index is 12.9. The molecule has 7 heteroatoms. The molecule has 142 valence electrons. The van der Waals surface area contributed by atoms with Crippen molar-refractivity contribution in [3.8, 4) is 16.9 Å². The monoisotopic (exact) mass is 383 g/mol. The fraction of sp³-hybridized carbons (Fsp3) is 0.136. The van der Waals surface area contributed by atoms with Crippen molar-refractivity contribution < 1.29 is 9.59 Å². The lowest BCUT2D eigenvalue weighted by Gasteiger charge is -2.06. The maximum Gasteiger partial charge on any atom is 0.262 e. The Morgan fingerprint density at radius 1 is 0.931 bits per heavy atom. The molecule has 3 aromatic heterocycles. The normalized spacial score (nSPS) is 13.4. The van der Waals surface area contributed by atoms with Crippen LogP contribution in [-0.2, 0) is 0 Å². The second-order valence-corrected chi connectivity index (χ2v) is 7.18. The summed E-state index contributed by atoms with van der Waals surface area (Å²) in [5.41, 5.74) is 5.74. The first kappa shape index (κ1) is 17.2. The molecule has 0 spiro atoms. The smallest absolute Gasteiger partial charge is 0.262 e. The number of hydrogen-bond acceptors (Lipinski definition) is 5. The minimum Gasteiger partial charge on any atom is -0.277 e. The van der Waals surface area contributed by atoms with Crippen LogP contribution in [0.5, 0.6) is 0 Å². The van der Waals surface area contributed by atoms with E-state index in [4.69, 9.17) is 5.10 Å². The van der Waals surface area contributed by atoms with Crippen LogP contribution in [0.3, 0.4) is 0 Å². The molecule has 0 aliphatic carbocycles. The van der Waals surface area contributed by atoms with Crippen LogP contribution < -0.4 is 0 Å². The van der Waals surface area contributed by atoms with Gasteiger partial charge in [0.1, 0.15) is 5.69 Å². The molecule has 7 nitrogen and oxygen atoms in total. The molecule has 2 amide bonds. The van der Waals surface area contributed by atoms with Crippen molar-refractivity contribution in [2.24, 2.45) is 0 Å². The lowest BCUT2D eigenvalue weighted by Crippen LogP contribution is -2.24. The van der Waals surface area contributed by atoms with Gasteiger partial charge in [-0.15, -0.1) is 0 Å². The Kier molecular flexibility index (Phi) is 3.61. The highest BCUT2D eigenvalue weighted by atomic mass is 16.2. The highest BCUT2D eigenvalue weighted by molar-refractivity contribution is 6.27. The van der Waals surface area contributed by atoms with E-state index in [1.807, 2.05) is 44.2 Å². The average Bonchev–Trinajstić information content (AvgIpc) is 3.22. The molecule has 0 N–H and O–H groups in total. The topological polar surface area (TPSA) is 81.0 Å². The third-order valence-corrected chi connectivity index (χ3v) is 5.44. The second-order valence-electron chi connectivity index (χ2n) is 7.18. The maximum absolute atomic E-state index is 12.9. The number of pyridine rings is 2. The zero-order valence-electron chi connectivity index (χ0n) is 16.2. The number of aromatic nitrogens is 4. The van der Waals surface area contributed by atoms with E-state index in [0.717, 1.165) is 21.7 Å². The van der Waals surface area contributed by atoms with Crippen molar-refractivity contribution in [3.63, 3.8) is 0 Å². The molecule has 0 saturated heterocycles. The molecule has 1 aliphatic rings. The fourth-order valence-corrected chi connectivity index (χ4v) is 3.66. The molecule has 5 rings (SSSR count). The van der Waals surface area contributed by atoms with Crippen molar-refractivity contribution in [2.75, 3.05) is 7.05 Å². The summed E-state index contributed by atoms with van der Waals surface area (Å²) in [6, 6.07) is 9.69. The molecule has 29 heavy (non-hydrogen) atoms. The predicted octanol–water partition coefficient (Wildman–Crippen LogP) is 3.33. The lowest BCUT2D eigenvalue weighted by atomic mass is 10.0. The number of aryl methyl sites for hydroxylation is 2. The zero-order chi connectivity index (χ0) is 20.3. The van der Waals surface area contributed by atoms with Crippen LogP contribution in [-0.4, -0.2) is 43.5 Å². The third-order valence-electron chi connectivity index (χ3n) is 5.44. The standard InChI is InChI=1S/C22H17N5O2/c1-12-4-5-15(10-13(12)2)27-20-18(19(25-27)14-6-8-23-9-7-14)17-16(11-24-20)21(28)26(3)22(17)29/h4-11H,1-3H3. The Morgan fingerprint density at radius 3 is 2.41 bits per heavy atom. The number of amides is 2. The van der Waals surface area contributed by atoms with Crippen molar-refractivity contribution in [1.29, 1.82) is 0 Å². The Morgan fingerprint density at radius 2 is 1.69 bits per heavy atom. The van der Waals surface area contributed by atoms with Gasteiger partial charge in [0.05, 0.1) is 22.2 Å². The molecule has 0 radical (unpaired) electrons. The van der Waals surface area contributed by atoms with E-state index in [-0.39, 0.29) is 11.8 Å². The van der Waals surface area contributed by atoms with Crippen molar-refractivity contribution >= 4 is 22.8 Å². The van der Waals surface area contributed by atoms with Crippen LogP contribution in [0.2, 0.25) is 0 Å². The van der Waals surface area contributed by atoms with Gasteiger partial charge in [0.15, 0.2) is 5.65 Å². The van der Waals surface area contributed by atoms with Crippen LogP contribution in [0.25, 0.3) is 28.0 Å². The van der Waals surface area contributed by atoms with Gasteiger partial charge in [-0.2, -0.15) is 5.10 Å². The molecule has 4 aromatic rings. The summed E-state index contributed by atoms with van der Waals surface area (Å²) in [6.07, 6.45) is 4.81. The molecule has 4 heterocycles. The van der Waals surface area contributed by atoms with Crippen LogP contribution in [0.15, 0.2) is 48.9 Å². The number of hydrogen-bond donors (Lipinski definition) is 0. The first-order valence-corrected chi connectivity index (χ1v) is 9.19. The van der Waals surface area contributed by atoms with Crippen molar-refractivity contribution in [1.82, 2.24) is 24.6 Å². The van der Waals surface area contributed by atoms with Crippen LogP contribution in [0, 0.1) is 13.8 Å². The third kappa shape index (κ3) is 2.40. The Balaban J connectivity index is 1.89. The van der Waals surface area contributed by atoms with Gasteiger partial charge >= 0.3 is 0 Å². The molecule has 0 bridgehead atoms. The minimum atomic E-state index is -0.348. The van der Waals surface area contributed by atoms with Crippen LogP contribution in [0.4, 0.5) is 0 Å². The fourth-order valence-electron chi connectivity index (χ4n) is 3.66. The van der Waals surface area contributed by atoms with E-state index in [2.05, 4.69) is 9.97 Å². The van der Waals surface area contributed by atoms with Crippen LogP contribution >= 0.6 is 0 Å². The summed E-state index contributed by atoms with van der Waals surface area (Å²) in [5, 5.41) is 5.39. The van der Waals surface area contributed by atoms with Crippen molar-refractivity contribution in [2.45, 2.75) is 13.8 Å². The Hall–Kier alpha value is -3.87. The second kappa shape index (κ2) is 6.07. The van der Waals surface area contributed by atoms with Crippen molar-refractivity contribution in [3.05, 3.63) is 71.2 Å². The van der Waals surface area contributed by atoms with Gasteiger partial charge in [-0.1, -0.05) is 6.07 Å². The summed E-state index contributed by atoms with van der Waals surface area (Å²) in [6.45, 7) is 4.09. The van der Waals surface area contributed by atoms with Gasteiger partial charge in [-0.25, -0.2) is 9.67 Å². The summed E-state index contributed by atoms with van der Waals surface area (Å²) in [4.78, 5) is 35.1. The van der Waals surface area contributed by atoms with E-state index in [1.165, 1.54) is 18.8 Å². The number of benzene rings is 1. The number of fused-ring (bicyclic) bond motifs is 3. The summed E-state index contributed by atoms with van der Waals surface area (Å²) in [7, 11) is 1.48. The van der Waals surface area contributed by atoms with E-state index in [0.29, 0.717) is 27.9 Å². The van der Waals surface area contributed by atoms with E-state index in [1.54, 1.807) is 17.1 Å². The molecule has 0 saturated carbocycles. The number of rotatable bonds is 2. The molecule has 0 fully saturated rings. The first-order valence-electron chi connectivity index (χ1n) is 9.19. The largest absolute Gasteiger partial charge is 0.277 e. The highest BCUT2D eigenvalue weighted by Crippen LogP contribution is 2.36.